The van der Waals surface area contributed by atoms with Crippen LogP contribution >= 0.6 is 12.4 Å². The molecule has 2 aliphatic heterocycles. The van der Waals surface area contributed by atoms with E-state index in [1.54, 1.807) is 6.07 Å². The van der Waals surface area contributed by atoms with Gasteiger partial charge in [-0.25, -0.2) is 4.79 Å². The molecule has 0 bridgehead atoms. The number of aromatic carboxylic acids is 1. The fourth-order valence-electron chi connectivity index (χ4n) is 6.41. The first-order valence-corrected chi connectivity index (χ1v) is 13.1. The lowest BCUT2D eigenvalue weighted by Gasteiger charge is -2.30. The number of hydrogen-bond acceptors (Lipinski definition) is 4. The van der Waals surface area contributed by atoms with Gasteiger partial charge in [-0.1, -0.05) is 31.4 Å². The lowest BCUT2D eigenvalue weighted by Crippen LogP contribution is -2.38. The largest absolute Gasteiger partial charge is 0.487 e. The summed E-state index contributed by atoms with van der Waals surface area (Å²) >= 11 is 0. The quantitative estimate of drug-likeness (QED) is 0.443. The van der Waals surface area contributed by atoms with E-state index >= 15 is 0 Å². The first-order chi connectivity index (χ1) is 17.1. The summed E-state index contributed by atoms with van der Waals surface area (Å²) in [5.41, 5.74) is 4.94. The molecule has 1 saturated carbocycles. The molecule has 1 aliphatic carbocycles. The fourth-order valence-corrected chi connectivity index (χ4v) is 6.41. The number of aromatic nitrogens is 1. The summed E-state index contributed by atoms with van der Waals surface area (Å²) in [5.74, 6) is 1.24. The lowest BCUT2D eigenvalue weighted by molar-refractivity contribution is 0.0697. The number of nitrogens with zero attached hydrogens (tertiary/aromatic N) is 2. The summed E-state index contributed by atoms with van der Waals surface area (Å²) in [6, 6.07) is 11.9. The maximum atomic E-state index is 11.8. The van der Waals surface area contributed by atoms with Gasteiger partial charge in [0.15, 0.2) is 11.5 Å². The molecule has 0 amide bonds. The van der Waals surface area contributed by atoms with E-state index in [0.717, 1.165) is 48.5 Å². The molecule has 2 fully saturated rings. The first-order valence-electron chi connectivity index (χ1n) is 13.1. The van der Waals surface area contributed by atoms with Crippen LogP contribution in [0.25, 0.3) is 22.2 Å². The highest BCUT2D eigenvalue weighted by atomic mass is 35.5. The highest BCUT2D eigenvalue weighted by Gasteiger charge is 2.31. The number of likely N-dealkylation sites (tertiary alicyclic amines) is 1. The van der Waals surface area contributed by atoms with Crippen molar-refractivity contribution >= 4 is 29.3 Å². The molecule has 6 nitrogen and oxygen atoms in total. The number of halogens is 1. The van der Waals surface area contributed by atoms with Crippen molar-refractivity contribution in [3.63, 3.8) is 0 Å². The van der Waals surface area contributed by atoms with Gasteiger partial charge in [-0.2, -0.15) is 0 Å². The summed E-state index contributed by atoms with van der Waals surface area (Å²) in [6.07, 6.45) is 8.48. The van der Waals surface area contributed by atoms with Crippen molar-refractivity contribution in [2.24, 2.45) is 0 Å². The third-order valence-corrected chi connectivity index (χ3v) is 8.03. The Morgan fingerprint density at radius 3 is 2.67 bits per heavy atom. The molecule has 36 heavy (non-hydrogen) atoms. The maximum absolute atomic E-state index is 11.8. The molecule has 1 atom stereocenters. The smallest absolute Gasteiger partial charge is 0.335 e. The molecule has 192 valence electrons. The van der Waals surface area contributed by atoms with Gasteiger partial charge >= 0.3 is 5.97 Å². The van der Waals surface area contributed by atoms with Gasteiger partial charge < -0.3 is 24.0 Å². The molecule has 3 aliphatic rings. The van der Waals surface area contributed by atoms with Crippen molar-refractivity contribution in [1.82, 2.24) is 9.47 Å². The Morgan fingerprint density at radius 2 is 1.89 bits per heavy atom. The lowest BCUT2D eigenvalue weighted by atomic mass is 9.81. The summed E-state index contributed by atoms with van der Waals surface area (Å²) in [4.78, 5) is 14.1. The van der Waals surface area contributed by atoms with Crippen LogP contribution in [-0.4, -0.2) is 53.4 Å². The minimum absolute atomic E-state index is 0. The minimum Gasteiger partial charge on any atom is -0.487 e. The fraction of sp³-hybridized carbons (Fsp3) is 0.483. The predicted molar refractivity (Wildman–Crippen MR) is 144 cm³/mol. The summed E-state index contributed by atoms with van der Waals surface area (Å²) in [7, 11) is 2.15. The number of benzene rings is 2. The van der Waals surface area contributed by atoms with Crippen LogP contribution in [0, 0.1) is 0 Å². The van der Waals surface area contributed by atoms with Gasteiger partial charge in [0, 0.05) is 23.0 Å². The van der Waals surface area contributed by atoms with E-state index in [1.165, 1.54) is 48.7 Å². The number of piperidine rings is 1. The van der Waals surface area contributed by atoms with E-state index in [2.05, 4.69) is 28.6 Å². The summed E-state index contributed by atoms with van der Waals surface area (Å²) in [6.45, 7) is 3.25. The zero-order valence-corrected chi connectivity index (χ0v) is 21.7. The summed E-state index contributed by atoms with van der Waals surface area (Å²) < 4.78 is 15.2. The molecule has 1 saturated heterocycles. The van der Waals surface area contributed by atoms with E-state index in [1.807, 2.05) is 18.2 Å². The molecule has 1 unspecified atom stereocenters. The molecule has 1 aromatic heterocycles. The predicted octanol–water partition coefficient (Wildman–Crippen LogP) is 6.34. The highest BCUT2D eigenvalue weighted by molar-refractivity contribution is 5.99. The van der Waals surface area contributed by atoms with Crippen molar-refractivity contribution < 1.29 is 19.4 Å². The summed E-state index contributed by atoms with van der Waals surface area (Å²) in [5, 5.41) is 10.9. The molecule has 0 spiro atoms. The van der Waals surface area contributed by atoms with Crippen molar-refractivity contribution in [2.45, 2.75) is 63.5 Å². The number of carboxylic acids is 1. The van der Waals surface area contributed by atoms with Crippen LogP contribution < -0.4 is 9.47 Å². The zero-order valence-electron chi connectivity index (χ0n) is 20.9. The number of ether oxygens (including phenoxy) is 2. The standard InChI is InChI=1S/C29H34N2O4.ClH/c1-30-14-6-9-21(18-30)35-25-11-5-10-23-27-26(19-7-3-2-4-8-19)22-13-12-20(29(32)33)17-24(22)31(27)15-16-34-28(23)25;/h5,10-13,17,19,21H,2-4,6-9,14-16,18H2,1H3,(H,32,33);1H. The van der Waals surface area contributed by atoms with Crippen LogP contribution in [0.15, 0.2) is 36.4 Å². The average molecular weight is 511 g/mol. The second-order valence-corrected chi connectivity index (χ2v) is 10.4. The third kappa shape index (κ3) is 4.46. The number of hydrogen-bond donors (Lipinski definition) is 1. The second kappa shape index (κ2) is 10.3. The first kappa shape index (κ1) is 25.0. The Bertz CT molecular complexity index is 1260. The van der Waals surface area contributed by atoms with Crippen molar-refractivity contribution in [2.75, 3.05) is 26.7 Å². The number of para-hydroxylation sites is 1. The molecule has 7 heteroatoms. The molecule has 3 aromatic rings. The highest BCUT2D eigenvalue weighted by Crippen LogP contribution is 2.49. The molecule has 2 aromatic carbocycles. The average Bonchev–Trinajstić information content (AvgIpc) is 3.05. The van der Waals surface area contributed by atoms with Crippen LogP contribution in [-0.2, 0) is 6.54 Å². The Morgan fingerprint density at radius 1 is 1.06 bits per heavy atom. The van der Waals surface area contributed by atoms with Gasteiger partial charge in [0.1, 0.15) is 12.7 Å². The van der Waals surface area contributed by atoms with Gasteiger partial charge in [-0.3, -0.25) is 0 Å². The Labute approximate surface area is 218 Å². The number of rotatable bonds is 4. The van der Waals surface area contributed by atoms with Crippen LogP contribution in [0.5, 0.6) is 11.5 Å². The van der Waals surface area contributed by atoms with Gasteiger partial charge in [0.05, 0.1) is 17.8 Å². The molecule has 0 radical (unpaired) electrons. The molecular formula is C29H35ClN2O4. The van der Waals surface area contributed by atoms with Crippen LogP contribution in [0.1, 0.15) is 66.8 Å². The van der Waals surface area contributed by atoms with E-state index in [4.69, 9.17) is 9.47 Å². The van der Waals surface area contributed by atoms with Gasteiger partial charge in [-0.05, 0) is 75.0 Å². The van der Waals surface area contributed by atoms with Crippen molar-refractivity contribution in [3.8, 4) is 22.8 Å². The number of carboxylic acid groups (broad SMARTS) is 1. The minimum atomic E-state index is -0.889. The molecule has 3 heterocycles. The van der Waals surface area contributed by atoms with Gasteiger partial charge in [0.2, 0.25) is 0 Å². The monoisotopic (exact) mass is 510 g/mol. The van der Waals surface area contributed by atoms with Crippen LogP contribution in [0.4, 0.5) is 0 Å². The van der Waals surface area contributed by atoms with Crippen molar-refractivity contribution in [1.29, 1.82) is 0 Å². The van der Waals surface area contributed by atoms with Crippen LogP contribution in [0.3, 0.4) is 0 Å². The number of carbonyl (C=O) groups is 1. The Hall–Kier alpha value is -2.70. The maximum Gasteiger partial charge on any atom is 0.335 e. The Balaban J connectivity index is 0.00000267. The van der Waals surface area contributed by atoms with Crippen molar-refractivity contribution in [3.05, 3.63) is 47.5 Å². The SMILES string of the molecule is CN1CCCC(Oc2cccc3c2OCCn2c-3c(C3CCCCC3)c3ccc(C(=O)O)cc32)C1.Cl. The number of fused-ring (bicyclic) bond motifs is 5. The topological polar surface area (TPSA) is 63.9 Å². The van der Waals surface area contributed by atoms with Gasteiger partial charge in [0.25, 0.3) is 0 Å². The van der Waals surface area contributed by atoms with Crippen LogP contribution in [0.2, 0.25) is 0 Å². The zero-order chi connectivity index (χ0) is 23.9. The normalized spacial score (nSPS) is 20.5. The van der Waals surface area contributed by atoms with E-state index in [0.29, 0.717) is 24.6 Å². The molecule has 1 N–H and O–H groups in total. The van der Waals surface area contributed by atoms with Gasteiger partial charge in [-0.15, -0.1) is 12.4 Å². The van der Waals surface area contributed by atoms with E-state index in [9.17, 15) is 9.90 Å². The second-order valence-electron chi connectivity index (χ2n) is 10.4. The Kier molecular flexibility index (Phi) is 7.18. The third-order valence-electron chi connectivity index (χ3n) is 8.03. The molecule has 6 rings (SSSR count). The number of likely N-dealkylation sites (N-methyl/N-ethyl adjacent to an activating group) is 1. The van der Waals surface area contributed by atoms with E-state index < -0.39 is 5.97 Å². The van der Waals surface area contributed by atoms with E-state index in [-0.39, 0.29) is 18.5 Å². The molecular weight excluding hydrogens is 476 g/mol.